The minimum Gasteiger partial charge on any atom is -0.475 e. The molecule has 3 aromatic heterocycles. The maximum absolute atomic E-state index is 10.1. The number of nitriles is 1. The lowest BCUT2D eigenvalue weighted by atomic mass is 9.63. The maximum Gasteiger partial charge on any atom is 0.221 e. The summed E-state index contributed by atoms with van der Waals surface area (Å²) in [5.41, 5.74) is 9.31. The normalized spacial score (nSPS) is 24.9. The van der Waals surface area contributed by atoms with Crippen molar-refractivity contribution in [2.75, 3.05) is 40.0 Å². The third-order valence-electron chi connectivity index (χ3n) is 10.4. The summed E-state index contributed by atoms with van der Waals surface area (Å²) in [7, 11) is 6.35. The number of nitrogens with zero attached hydrogens (tertiary/aromatic N) is 6. The fourth-order valence-corrected chi connectivity index (χ4v) is 8.89. The number of anilines is 1. The second-order valence-corrected chi connectivity index (χ2v) is 14.3. The Hall–Kier alpha value is -3.20. The Morgan fingerprint density at radius 1 is 1.19 bits per heavy atom. The van der Waals surface area contributed by atoms with E-state index < -0.39 is 5.41 Å². The second-order valence-electron chi connectivity index (χ2n) is 13.2. The van der Waals surface area contributed by atoms with E-state index in [0.717, 1.165) is 81.2 Å². The van der Waals surface area contributed by atoms with Crippen LogP contribution in [-0.2, 0) is 18.3 Å². The fourth-order valence-electron chi connectivity index (χ4n) is 7.73. The number of likely N-dealkylation sites (N-methyl/N-ethyl adjacent to an activating group) is 2. The third-order valence-corrected chi connectivity index (χ3v) is 11.5. The SMILES string of the molecule is C[C@H](Oc1cc(OCC2(N(C)C)CC2)nc(-c2noc3c2CCC[C@@]32CCCc3sc(N)c(C#N)c32)n1)[C@@H]1CCCN1C. The molecule has 1 saturated heterocycles. The van der Waals surface area contributed by atoms with Crippen LogP contribution in [0.2, 0.25) is 0 Å². The summed E-state index contributed by atoms with van der Waals surface area (Å²) in [6.45, 7) is 3.74. The largest absolute Gasteiger partial charge is 0.475 e. The highest BCUT2D eigenvalue weighted by Crippen LogP contribution is 2.55. The van der Waals surface area contributed by atoms with Gasteiger partial charge in [-0.15, -0.1) is 11.3 Å². The van der Waals surface area contributed by atoms with Crippen LogP contribution in [0.4, 0.5) is 5.00 Å². The first kappa shape index (κ1) is 28.6. The lowest BCUT2D eigenvalue weighted by Gasteiger charge is -2.39. The zero-order valence-electron chi connectivity index (χ0n) is 25.6. The number of likely N-dealkylation sites (tertiary alicyclic amines) is 1. The standard InChI is InChI=1S/C32H41N7O3S/c1-19(22-9-7-15-39(22)4)41-25-16-24(40-18-31(13-14-31)38(2)3)35-30(36-25)27-20-8-5-11-32(28(20)42-37-27)12-6-10-23-26(32)21(17-33)29(34)43-23/h16,19,22H,5-15,18,34H2,1-4H3/t19-,22-,32-/m0/s1. The summed E-state index contributed by atoms with van der Waals surface area (Å²) in [6, 6.07) is 4.55. The number of aromatic nitrogens is 3. The summed E-state index contributed by atoms with van der Waals surface area (Å²) in [6.07, 6.45) is 9.97. The minimum atomic E-state index is -0.398. The van der Waals surface area contributed by atoms with Crippen LogP contribution < -0.4 is 15.2 Å². The average Bonchev–Trinajstić information content (AvgIpc) is 3.27. The summed E-state index contributed by atoms with van der Waals surface area (Å²) >= 11 is 1.55. The molecule has 0 unspecified atom stereocenters. The zero-order chi connectivity index (χ0) is 29.9. The molecule has 0 aromatic carbocycles. The Morgan fingerprint density at radius 2 is 1.95 bits per heavy atom. The number of hydrogen-bond donors (Lipinski definition) is 1. The Labute approximate surface area is 257 Å². The molecule has 3 aromatic rings. The Morgan fingerprint density at radius 3 is 2.65 bits per heavy atom. The van der Waals surface area contributed by atoms with E-state index in [0.29, 0.717) is 46.5 Å². The first-order chi connectivity index (χ1) is 20.7. The van der Waals surface area contributed by atoms with E-state index in [-0.39, 0.29) is 11.6 Å². The van der Waals surface area contributed by atoms with Crippen molar-refractivity contribution in [2.45, 2.75) is 94.2 Å². The predicted octanol–water partition coefficient (Wildman–Crippen LogP) is 4.94. The molecule has 0 bridgehead atoms. The van der Waals surface area contributed by atoms with Gasteiger partial charge in [-0.2, -0.15) is 15.2 Å². The molecule has 3 aliphatic carbocycles. The van der Waals surface area contributed by atoms with Gasteiger partial charge in [0, 0.05) is 16.5 Å². The summed E-state index contributed by atoms with van der Waals surface area (Å²) < 4.78 is 19.1. The van der Waals surface area contributed by atoms with E-state index in [4.69, 9.17) is 29.7 Å². The van der Waals surface area contributed by atoms with Gasteiger partial charge in [-0.3, -0.25) is 4.90 Å². The van der Waals surface area contributed by atoms with Gasteiger partial charge in [-0.05, 0) is 104 Å². The number of nitrogen functional groups attached to an aromatic ring is 1. The smallest absolute Gasteiger partial charge is 0.221 e. The lowest BCUT2D eigenvalue weighted by Crippen LogP contribution is -2.38. The number of rotatable bonds is 8. The second kappa shape index (κ2) is 10.8. The first-order valence-electron chi connectivity index (χ1n) is 15.6. The van der Waals surface area contributed by atoms with E-state index in [1.165, 1.54) is 11.3 Å². The first-order valence-corrected chi connectivity index (χ1v) is 16.4. The minimum absolute atomic E-state index is 0.0387. The van der Waals surface area contributed by atoms with Gasteiger partial charge in [0.1, 0.15) is 23.8 Å². The van der Waals surface area contributed by atoms with Crippen molar-refractivity contribution in [1.29, 1.82) is 5.26 Å². The van der Waals surface area contributed by atoms with Gasteiger partial charge in [0.2, 0.25) is 11.8 Å². The van der Waals surface area contributed by atoms with Crippen LogP contribution in [0.3, 0.4) is 0 Å². The van der Waals surface area contributed by atoms with Crippen molar-refractivity contribution >= 4 is 16.3 Å². The summed E-state index contributed by atoms with van der Waals surface area (Å²) in [5, 5.41) is 15.3. The van der Waals surface area contributed by atoms with Gasteiger partial charge in [-0.1, -0.05) is 5.16 Å². The highest BCUT2D eigenvalue weighted by atomic mass is 32.1. The van der Waals surface area contributed by atoms with Crippen LogP contribution in [0.15, 0.2) is 10.6 Å². The van der Waals surface area contributed by atoms with Crippen molar-refractivity contribution in [3.05, 3.63) is 33.4 Å². The molecule has 1 spiro atoms. The van der Waals surface area contributed by atoms with Gasteiger partial charge in [0.15, 0.2) is 17.3 Å². The maximum atomic E-state index is 10.1. The van der Waals surface area contributed by atoms with Crippen LogP contribution in [-0.4, -0.2) is 76.9 Å². The molecule has 3 atom stereocenters. The number of ether oxygens (including phenoxy) is 2. The third kappa shape index (κ3) is 4.78. The number of thiophene rings is 1. The predicted molar refractivity (Wildman–Crippen MR) is 165 cm³/mol. The molecular formula is C32H41N7O3S. The molecule has 11 heteroatoms. The molecule has 4 aliphatic rings. The number of fused-ring (bicyclic) bond motifs is 4. The number of nitrogens with two attached hydrogens (primary N) is 1. The zero-order valence-corrected chi connectivity index (χ0v) is 26.4. The molecule has 228 valence electrons. The monoisotopic (exact) mass is 603 g/mol. The van der Waals surface area contributed by atoms with Crippen molar-refractivity contribution in [1.82, 2.24) is 24.9 Å². The topological polar surface area (TPSA) is 127 Å². The van der Waals surface area contributed by atoms with Crippen LogP contribution in [0.1, 0.15) is 85.6 Å². The molecule has 1 aliphatic heterocycles. The number of aryl methyl sites for hydroxylation is 1. The molecule has 0 amide bonds. The molecule has 0 radical (unpaired) electrons. The van der Waals surface area contributed by atoms with E-state index in [9.17, 15) is 5.26 Å². The lowest BCUT2D eigenvalue weighted by molar-refractivity contribution is 0.115. The van der Waals surface area contributed by atoms with E-state index in [1.807, 2.05) is 6.07 Å². The van der Waals surface area contributed by atoms with E-state index >= 15 is 0 Å². The molecule has 10 nitrogen and oxygen atoms in total. The van der Waals surface area contributed by atoms with Crippen LogP contribution >= 0.6 is 11.3 Å². The average molecular weight is 604 g/mol. The molecule has 4 heterocycles. The van der Waals surface area contributed by atoms with Gasteiger partial charge in [-0.25, -0.2) is 0 Å². The Kier molecular flexibility index (Phi) is 7.14. The van der Waals surface area contributed by atoms with Gasteiger partial charge in [0.25, 0.3) is 0 Å². The summed E-state index contributed by atoms with van der Waals surface area (Å²) in [5.74, 6) is 2.27. The molecule has 2 N–H and O–H groups in total. The molecule has 1 saturated carbocycles. The molecule has 2 fully saturated rings. The Balaban J connectivity index is 1.27. The van der Waals surface area contributed by atoms with Crippen molar-refractivity contribution in [2.24, 2.45) is 0 Å². The van der Waals surface area contributed by atoms with Crippen molar-refractivity contribution in [3.8, 4) is 29.3 Å². The van der Waals surface area contributed by atoms with Crippen LogP contribution in [0.25, 0.3) is 11.5 Å². The van der Waals surface area contributed by atoms with Gasteiger partial charge >= 0.3 is 0 Å². The number of hydrogen-bond acceptors (Lipinski definition) is 11. The molecule has 43 heavy (non-hydrogen) atoms. The van der Waals surface area contributed by atoms with Gasteiger partial charge in [0.05, 0.1) is 22.6 Å². The summed E-state index contributed by atoms with van der Waals surface area (Å²) in [4.78, 5) is 15.6. The van der Waals surface area contributed by atoms with Crippen LogP contribution in [0, 0.1) is 11.3 Å². The highest BCUT2D eigenvalue weighted by Gasteiger charge is 2.49. The van der Waals surface area contributed by atoms with E-state index in [2.05, 4.69) is 49.1 Å². The van der Waals surface area contributed by atoms with Crippen LogP contribution in [0.5, 0.6) is 11.8 Å². The molecular weight excluding hydrogens is 562 g/mol. The quantitative estimate of drug-likeness (QED) is 0.378. The van der Waals surface area contributed by atoms with E-state index in [1.54, 1.807) is 11.3 Å². The Bertz CT molecular complexity index is 1570. The molecule has 7 rings (SSSR count). The van der Waals surface area contributed by atoms with Crippen molar-refractivity contribution < 1.29 is 14.0 Å². The van der Waals surface area contributed by atoms with Gasteiger partial charge < -0.3 is 24.6 Å². The fraction of sp³-hybridized carbons (Fsp3) is 0.625. The van der Waals surface area contributed by atoms with Crippen molar-refractivity contribution in [3.63, 3.8) is 0 Å². The highest BCUT2D eigenvalue weighted by molar-refractivity contribution is 7.16.